The topological polar surface area (TPSA) is 75.6 Å². The van der Waals surface area contributed by atoms with Crippen molar-refractivity contribution in [3.05, 3.63) is 12.2 Å². The molecular formula is C11H17NO4. The fourth-order valence-corrected chi connectivity index (χ4v) is 1.49. The number of amides is 1. The van der Waals surface area contributed by atoms with E-state index in [0.29, 0.717) is 18.4 Å². The van der Waals surface area contributed by atoms with Gasteiger partial charge >= 0.3 is 12.1 Å². The van der Waals surface area contributed by atoms with Gasteiger partial charge in [-0.2, -0.15) is 0 Å². The summed E-state index contributed by atoms with van der Waals surface area (Å²) >= 11 is 0. The second-order valence-electron chi connectivity index (χ2n) is 4.94. The van der Waals surface area contributed by atoms with E-state index in [1.807, 2.05) is 0 Å². The lowest BCUT2D eigenvalue weighted by atomic mass is 9.72. The molecule has 1 amide bonds. The van der Waals surface area contributed by atoms with Crippen LogP contribution in [0.4, 0.5) is 4.79 Å². The van der Waals surface area contributed by atoms with Crippen LogP contribution < -0.4 is 5.32 Å². The minimum absolute atomic E-state index is 0.362. The van der Waals surface area contributed by atoms with Crippen LogP contribution in [-0.4, -0.2) is 28.3 Å². The number of carbonyl (C=O) groups is 2. The van der Waals surface area contributed by atoms with Crippen LogP contribution in [0.15, 0.2) is 12.2 Å². The first-order valence-electron chi connectivity index (χ1n) is 5.10. The molecule has 0 aromatic rings. The maximum atomic E-state index is 11.5. The van der Waals surface area contributed by atoms with Crippen molar-refractivity contribution in [3.8, 4) is 0 Å². The first-order valence-corrected chi connectivity index (χ1v) is 5.10. The standard InChI is InChI=1S/C11H17NO4/c1-7-5-6-11(7,8(13)14)12-9(15)16-10(2,3)4/h1,5-6H2,2-4H3,(H,12,15)(H,13,14). The fourth-order valence-electron chi connectivity index (χ4n) is 1.49. The summed E-state index contributed by atoms with van der Waals surface area (Å²) in [5, 5.41) is 11.4. The Morgan fingerprint density at radius 3 is 2.31 bits per heavy atom. The maximum absolute atomic E-state index is 11.5. The zero-order valence-electron chi connectivity index (χ0n) is 9.79. The predicted octanol–water partition coefficient (Wildman–Crippen LogP) is 1.68. The van der Waals surface area contributed by atoms with Gasteiger partial charge < -0.3 is 15.2 Å². The van der Waals surface area contributed by atoms with Crippen LogP contribution in [0.5, 0.6) is 0 Å². The largest absolute Gasteiger partial charge is 0.479 e. The van der Waals surface area contributed by atoms with Gasteiger partial charge in [0.2, 0.25) is 0 Å². The Balaban J connectivity index is 2.68. The molecule has 0 aliphatic heterocycles. The third kappa shape index (κ3) is 2.35. The average Bonchev–Trinajstić information content (AvgIpc) is 2.08. The lowest BCUT2D eigenvalue weighted by molar-refractivity contribution is -0.145. The lowest BCUT2D eigenvalue weighted by Crippen LogP contribution is -2.61. The van der Waals surface area contributed by atoms with Crippen LogP contribution in [0, 0.1) is 0 Å². The van der Waals surface area contributed by atoms with Gasteiger partial charge in [-0.15, -0.1) is 0 Å². The number of ether oxygens (including phenoxy) is 1. The number of carbonyl (C=O) groups excluding carboxylic acids is 1. The highest BCUT2D eigenvalue weighted by molar-refractivity contribution is 5.89. The zero-order chi connectivity index (χ0) is 12.6. The first kappa shape index (κ1) is 12.5. The summed E-state index contributed by atoms with van der Waals surface area (Å²) in [6.45, 7) is 8.79. The molecule has 2 N–H and O–H groups in total. The van der Waals surface area contributed by atoms with Crippen molar-refractivity contribution in [3.63, 3.8) is 0 Å². The van der Waals surface area contributed by atoms with Gasteiger partial charge in [0.05, 0.1) is 0 Å². The van der Waals surface area contributed by atoms with Crippen molar-refractivity contribution in [2.75, 3.05) is 0 Å². The molecule has 0 heterocycles. The highest BCUT2D eigenvalue weighted by Gasteiger charge is 2.49. The summed E-state index contributed by atoms with van der Waals surface area (Å²) in [7, 11) is 0. The summed E-state index contributed by atoms with van der Waals surface area (Å²) in [5.74, 6) is -1.09. The molecule has 1 saturated carbocycles. The fraction of sp³-hybridized carbons (Fsp3) is 0.636. The van der Waals surface area contributed by atoms with Crippen LogP contribution in [0.25, 0.3) is 0 Å². The van der Waals surface area contributed by atoms with E-state index in [1.54, 1.807) is 20.8 Å². The molecule has 1 atom stereocenters. The van der Waals surface area contributed by atoms with Gasteiger partial charge in [0, 0.05) is 0 Å². The summed E-state index contributed by atoms with van der Waals surface area (Å²) in [6.07, 6.45) is 0.249. The number of rotatable bonds is 2. The molecule has 1 fully saturated rings. The van der Waals surface area contributed by atoms with Gasteiger partial charge in [0.1, 0.15) is 5.60 Å². The molecule has 1 unspecified atom stereocenters. The van der Waals surface area contributed by atoms with Crippen LogP contribution in [0.1, 0.15) is 33.6 Å². The Morgan fingerprint density at radius 1 is 1.50 bits per heavy atom. The van der Waals surface area contributed by atoms with Gasteiger partial charge in [-0.3, -0.25) is 0 Å². The van der Waals surface area contributed by atoms with Gasteiger partial charge in [0.15, 0.2) is 5.54 Å². The summed E-state index contributed by atoms with van der Waals surface area (Å²) in [4.78, 5) is 22.6. The maximum Gasteiger partial charge on any atom is 0.408 e. The molecule has 0 aromatic carbocycles. The number of aliphatic carboxylic acids is 1. The Morgan fingerprint density at radius 2 is 2.06 bits per heavy atom. The SMILES string of the molecule is C=C1CCC1(NC(=O)OC(C)(C)C)C(=O)O. The minimum Gasteiger partial charge on any atom is -0.479 e. The second kappa shape index (κ2) is 3.81. The van der Waals surface area contributed by atoms with E-state index in [4.69, 9.17) is 9.84 Å². The summed E-state index contributed by atoms with van der Waals surface area (Å²) < 4.78 is 5.01. The summed E-state index contributed by atoms with van der Waals surface area (Å²) in [5.41, 5.74) is -1.47. The number of hydrogen-bond donors (Lipinski definition) is 2. The van der Waals surface area contributed by atoms with Crippen LogP contribution in [0.3, 0.4) is 0 Å². The quantitative estimate of drug-likeness (QED) is 0.704. The van der Waals surface area contributed by atoms with E-state index in [9.17, 15) is 9.59 Å². The van der Waals surface area contributed by atoms with Gasteiger partial charge in [-0.25, -0.2) is 9.59 Å². The van der Waals surface area contributed by atoms with E-state index in [-0.39, 0.29) is 0 Å². The molecular weight excluding hydrogens is 210 g/mol. The van der Waals surface area contributed by atoms with E-state index in [1.165, 1.54) is 0 Å². The molecule has 90 valence electrons. The van der Waals surface area contributed by atoms with Crippen molar-refractivity contribution in [1.29, 1.82) is 0 Å². The Bertz CT molecular complexity index is 332. The van der Waals surface area contributed by atoms with Crippen LogP contribution in [-0.2, 0) is 9.53 Å². The number of carboxylic acid groups (broad SMARTS) is 1. The first-order chi connectivity index (χ1) is 7.17. The third-order valence-electron chi connectivity index (χ3n) is 2.48. The average molecular weight is 227 g/mol. The molecule has 5 heteroatoms. The minimum atomic E-state index is -1.33. The number of nitrogens with one attached hydrogen (secondary N) is 1. The smallest absolute Gasteiger partial charge is 0.408 e. The second-order valence-corrected chi connectivity index (χ2v) is 4.94. The monoisotopic (exact) mass is 227 g/mol. The molecule has 1 rings (SSSR count). The highest BCUT2D eigenvalue weighted by Crippen LogP contribution is 2.37. The van der Waals surface area contributed by atoms with E-state index < -0.39 is 23.2 Å². The van der Waals surface area contributed by atoms with Crippen molar-refractivity contribution in [1.82, 2.24) is 5.32 Å². The molecule has 0 aromatic heterocycles. The van der Waals surface area contributed by atoms with Crippen molar-refractivity contribution in [2.45, 2.75) is 44.8 Å². The summed E-state index contributed by atoms with van der Waals surface area (Å²) in [6, 6.07) is 0. The Labute approximate surface area is 94.5 Å². The molecule has 16 heavy (non-hydrogen) atoms. The van der Waals surface area contributed by atoms with E-state index in [0.717, 1.165) is 0 Å². The number of alkyl carbamates (subject to hydrolysis) is 1. The Hall–Kier alpha value is -1.52. The van der Waals surface area contributed by atoms with Crippen molar-refractivity contribution < 1.29 is 19.4 Å². The van der Waals surface area contributed by atoms with Gasteiger partial charge in [-0.05, 0) is 39.2 Å². The normalized spacial score (nSPS) is 24.6. The third-order valence-corrected chi connectivity index (χ3v) is 2.48. The molecule has 1 aliphatic carbocycles. The van der Waals surface area contributed by atoms with Crippen molar-refractivity contribution >= 4 is 12.1 Å². The Kier molecular flexibility index (Phi) is 2.99. The van der Waals surface area contributed by atoms with Crippen LogP contribution >= 0.6 is 0 Å². The predicted molar refractivity (Wildman–Crippen MR) is 58.1 cm³/mol. The van der Waals surface area contributed by atoms with Crippen molar-refractivity contribution in [2.24, 2.45) is 0 Å². The molecule has 0 radical (unpaired) electrons. The van der Waals surface area contributed by atoms with Gasteiger partial charge in [-0.1, -0.05) is 6.58 Å². The highest BCUT2D eigenvalue weighted by atomic mass is 16.6. The molecule has 0 spiro atoms. The molecule has 1 aliphatic rings. The number of carboxylic acids is 1. The molecule has 0 saturated heterocycles. The number of hydrogen-bond acceptors (Lipinski definition) is 3. The van der Waals surface area contributed by atoms with Gasteiger partial charge in [0.25, 0.3) is 0 Å². The lowest BCUT2D eigenvalue weighted by Gasteiger charge is -2.40. The van der Waals surface area contributed by atoms with E-state index in [2.05, 4.69) is 11.9 Å². The molecule has 5 nitrogen and oxygen atoms in total. The molecule has 0 bridgehead atoms. The zero-order valence-corrected chi connectivity index (χ0v) is 9.79. The van der Waals surface area contributed by atoms with Crippen LogP contribution in [0.2, 0.25) is 0 Å². The van der Waals surface area contributed by atoms with E-state index >= 15 is 0 Å².